The lowest BCUT2D eigenvalue weighted by Gasteiger charge is -2.24. The van der Waals surface area contributed by atoms with E-state index in [2.05, 4.69) is 24.1 Å². The predicted octanol–water partition coefficient (Wildman–Crippen LogP) is 1.42. The van der Waals surface area contributed by atoms with Gasteiger partial charge in [-0.05, 0) is 25.3 Å². The zero-order valence-corrected chi connectivity index (χ0v) is 10.6. The van der Waals surface area contributed by atoms with Crippen LogP contribution in [-0.4, -0.2) is 30.5 Å². The van der Waals surface area contributed by atoms with Crippen molar-refractivity contribution >= 4 is 11.7 Å². The van der Waals surface area contributed by atoms with Crippen LogP contribution in [0, 0.1) is 5.41 Å². The van der Waals surface area contributed by atoms with Crippen LogP contribution in [-0.2, 0) is 4.79 Å². The lowest BCUT2D eigenvalue weighted by molar-refractivity contribution is -0.120. The molecular formula is C12H19N3O2. The first-order valence-corrected chi connectivity index (χ1v) is 5.90. The average Bonchev–Trinajstić information content (AvgIpc) is 2.75. The first-order chi connectivity index (χ1) is 8.03. The molecule has 0 aliphatic carbocycles. The Morgan fingerprint density at radius 3 is 2.94 bits per heavy atom. The highest BCUT2D eigenvalue weighted by Crippen LogP contribution is 2.31. The molecule has 17 heavy (non-hydrogen) atoms. The third-order valence-electron chi connectivity index (χ3n) is 3.38. The molecule has 2 rings (SSSR count). The average molecular weight is 237 g/mol. The predicted molar refractivity (Wildman–Crippen MR) is 64.7 cm³/mol. The van der Waals surface area contributed by atoms with Crippen LogP contribution in [0.3, 0.4) is 0 Å². The van der Waals surface area contributed by atoms with Gasteiger partial charge in [-0.25, -0.2) is 0 Å². The summed E-state index contributed by atoms with van der Waals surface area (Å²) in [5, 5.41) is 3.09. The maximum Gasteiger partial charge on any atom is 0.245 e. The number of hydrogen-bond acceptors (Lipinski definition) is 4. The number of hydrogen-bond donors (Lipinski definition) is 1. The van der Waals surface area contributed by atoms with Gasteiger partial charge in [0.05, 0.1) is 6.04 Å². The summed E-state index contributed by atoms with van der Waals surface area (Å²) >= 11 is 0. The maximum atomic E-state index is 12.3. The van der Waals surface area contributed by atoms with E-state index in [0.717, 1.165) is 12.8 Å². The Labute approximate surface area is 101 Å². The summed E-state index contributed by atoms with van der Waals surface area (Å²) in [6, 6.07) is -0.149. The summed E-state index contributed by atoms with van der Waals surface area (Å²) in [7, 11) is 1.82. The van der Waals surface area contributed by atoms with Crippen molar-refractivity contribution in [3.05, 3.63) is 12.7 Å². The fraction of sp³-hybridized carbons (Fsp3) is 0.667. The Morgan fingerprint density at radius 2 is 2.35 bits per heavy atom. The minimum atomic E-state index is -0.149. The van der Waals surface area contributed by atoms with Crippen molar-refractivity contribution in [2.45, 2.75) is 32.7 Å². The van der Waals surface area contributed by atoms with Crippen molar-refractivity contribution in [3.63, 3.8) is 0 Å². The number of rotatable bonds is 2. The molecule has 1 aliphatic heterocycles. The molecule has 1 aromatic heterocycles. The van der Waals surface area contributed by atoms with E-state index in [1.165, 1.54) is 12.7 Å². The number of oxazole rings is 1. The van der Waals surface area contributed by atoms with Crippen LogP contribution >= 0.6 is 0 Å². The molecule has 0 spiro atoms. The minimum Gasteiger partial charge on any atom is -0.449 e. The second-order valence-corrected chi connectivity index (χ2v) is 5.30. The maximum absolute atomic E-state index is 12.3. The molecular weight excluding hydrogens is 218 g/mol. The van der Waals surface area contributed by atoms with E-state index in [0.29, 0.717) is 12.4 Å². The van der Waals surface area contributed by atoms with E-state index in [9.17, 15) is 4.79 Å². The van der Waals surface area contributed by atoms with Crippen molar-refractivity contribution < 1.29 is 9.21 Å². The summed E-state index contributed by atoms with van der Waals surface area (Å²) in [6.45, 7) is 5.07. The first kappa shape index (κ1) is 12.1. The minimum absolute atomic E-state index is 0.0759. The van der Waals surface area contributed by atoms with Crippen LogP contribution in [0.4, 0.5) is 5.82 Å². The monoisotopic (exact) mass is 237 g/mol. The fourth-order valence-corrected chi connectivity index (χ4v) is 2.25. The highest BCUT2D eigenvalue weighted by molar-refractivity contribution is 5.96. The van der Waals surface area contributed by atoms with Gasteiger partial charge in [-0.15, -0.1) is 0 Å². The molecule has 5 heteroatoms. The Kier molecular flexibility index (Phi) is 3.19. The van der Waals surface area contributed by atoms with Gasteiger partial charge in [-0.1, -0.05) is 13.8 Å². The molecule has 1 unspecified atom stereocenters. The van der Waals surface area contributed by atoms with Gasteiger partial charge in [-0.3, -0.25) is 9.69 Å². The van der Waals surface area contributed by atoms with Gasteiger partial charge in [0.15, 0.2) is 12.2 Å². The van der Waals surface area contributed by atoms with Gasteiger partial charge in [0, 0.05) is 6.54 Å². The number of nitrogens with one attached hydrogen (secondary N) is 1. The van der Waals surface area contributed by atoms with Crippen LogP contribution in [0.25, 0.3) is 0 Å². The smallest absolute Gasteiger partial charge is 0.245 e. The number of amides is 1. The summed E-state index contributed by atoms with van der Waals surface area (Å²) in [6.07, 6.45) is 4.68. The second kappa shape index (κ2) is 4.49. The Hall–Kier alpha value is -1.36. The van der Waals surface area contributed by atoms with Gasteiger partial charge >= 0.3 is 0 Å². The van der Waals surface area contributed by atoms with Crippen LogP contribution < -0.4 is 10.2 Å². The van der Waals surface area contributed by atoms with E-state index in [1.807, 2.05) is 7.05 Å². The van der Waals surface area contributed by atoms with Gasteiger partial charge in [0.2, 0.25) is 5.91 Å². The highest BCUT2D eigenvalue weighted by atomic mass is 16.3. The van der Waals surface area contributed by atoms with Crippen molar-refractivity contribution in [1.29, 1.82) is 0 Å². The molecule has 1 aliphatic rings. The van der Waals surface area contributed by atoms with Crippen LogP contribution in [0.2, 0.25) is 0 Å². The van der Waals surface area contributed by atoms with Crippen molar-refractivity contribution in [2.75, 3.05) is 18.5 Å². The van der Waals surface area contributed by atoms with Gasteiger partial charge in [-0.2, -0.15) is 4.98 Å². The highest BCUT2D eigenvalue weighted by Gasteiger charge is 2.35. The quantitative estimate of drug-likeness (QED) is 0.845. The normalized spacial score (nSPS) is 24.8. The van der Waals surface area contributed by atoms with E-state index < -0.39 is 0 Å². The molecule has 1 saturated heterocycles. The van der Waals surface area contributed by atoms with Gasteiger partial charge in [0.1, 0.15) is 6.26 Å². The Bertz CT molecular complexity index is 386. The van der Waals surface area contributed by atoms with E-state index in [4.69, 9.17) is 4.42 Å². The fourth-order valence-electron chi connectivity index (χ4n) is 2.25. The molecule has 1 amide bonds. The van der Waals surface area contributed by atoms with E-state index in [-0.39, 0.29) is 17.4 Å². The van der Waals surface area contributed by atoms with Crippen molar-refractivity contribution in [1.82, 2.24) is 10.3 Å². The topological polar surface area (TPSA) is 58.4 Å². The molecule has 5 nitrogen and oxygen atoms in total. The molecule has 0 bridgehead atoms. The number of aromatic nitrogens is 1. The number of nitrogens with zero attached hydrogens (tertiary/aromatic N) is 2. The zero-order valence-electron chi connectivity index (χ0n) is 10.6. The molecule has 2 heterocycles. The Balaban J connectivity index is 2.26. The van der Waals surface area contributed by atoms with Crippen molar-refractivity contribution in [3.8, 4) is 0 Å². The van der Waals surface area contributed by atoms with E-state index in [1.54, 1.807) is 4.90 Å². The third-order valence-corrected chi connectivity index (χ3v) is 3.38. The second-order valence-electron chi connectivity index (χ2n) is 5.30. The van der Waals surface area contributed by atoms with E-state index >= 15 is 0 Å². The molecule has 1 fully saturated rings. The molecule has 1 N–H and O–H groups in total. The summed E-state index contributed by atoms with van der Waals surface area (Å²) in [5.74, 6) is 0.680. The lowest BCUT2D eigenvalue weighted by Crippen LogP contribution is -2.44. The molecule has 94 valence electrons. The summed E-state index contributed by atoms with van der Waals surface area (Å²) in [5.41, 5.74) is 0.155. The van der Waals surface area contributed by atoms with Gasteiger partial charge < -0.3 is 9.73 Å². The largest absolute Gasteiger partial charge is 0.449 e. The van der Waals surface area contributed by atoms with Crippen LogP contribution in [0.1, 0.15) is 26.7 Å². The first-order valence-electron chi connectivity index (χ1n) is 5.90. The Morgan fingerprint density at radius 1 is 1.59 bits per heavy atom. The number of anilines is 1. The standard InChI is InChI=1S/C12H19N3O2/c1-12(2)4-5-15(10-7-17-8-14-10)11(16)9(6-12)13-3/h7-9,13H,4-6H2,1-3H3. The molecule has 0 aromatic carbocycles. The molecule has 1 aromatic rings. The van der Waals surface area contributed by atoms with Crippen LogP contribution in [0.15, 0.2) is 17.1 Å². The number of likely N-dealkylation sites (N-methyl/N-ethyl adjacent to an activating group) is 1. The van der Waals surface area contributed by atoms with Gasteiger partial charge in [0.25, 0.3) is 0 Å². The zero-order chi connectivity index (χ0) is 12.5. The number of carbonyl (C=O) groups is 1. The lowest BCUT2D eigenvalue weighted by atomic mass is 9.83. The molecule has 1 atom stereocenters. The number of carbonyl (C=O) groups excluding carboxylic acids is 1. The molecule has 0 saturated carbocycles. The summed E-state index contributed by atoms with van der Waals surface area (Å²) in [4.78, 5) is 18.1. The summed E-state index contributed by atoms with van der Waals surface area (Å²) < 4.78 is 4.95. The SMILES string of the molecule is CNC1CC(C)(C)CCN(c2cocn2)C1=O. The van der Waals surface area contributed by atoms with Crippen molar-refractivity contribution in [2.24, 2.45) is 5.41 Å². The molecule has 0 radical (unpaired) electrons. The third kappa shape index (κ3) is 2.49. The van der Waals surface area contributed by atoms with Crippen LogP contribution in [0.5, 0.6) is 0 Å².